The van der Waals surface area contributed by atoms with Gasteiger partial charge in [-0.3, -0.25) is 4.79 Å². The van der Waals surface area contributed by atoms with E-state index in [2.05, 4.69) is 0 Å². The van der Waals surface area contributed by atoms with E-state index >= 15 is 0 Å². The monoisotopic (exact) mass is 457 g/mol. The van der Waals surface area contributed by atoms with Crippen molar-refractivity contribution in [2.45, 2.75) is 49.1 Å². The third-order valence-corrected chi connectivity index (χ3v) is 8.52. The van der Waals surface area contributed by atoms with Crippen LogP contribution in [0.15, 0.2) is 53.4 Å². The van der Waals surface area contributed by atoms with Gasteiger partial charge in [0.1, 0.15) is 5.82 Å². The van der Waals surface area contributed by atoms with Crippen molar-refractivity contribution in [2.24, 2.45) is 5.92 Å². The summed E-state index contributed by atoms with van der Waals surface area (Å²) >= 11 is 0. The molecule has 168 valence electrons. The Morgan fingerprint density at radius 3 is 2.35 bits per heavy atom. The molecule has 9 heteroatoms. The number of hydrogen-bond acceptors (Lipinski definition) is 3. The van der Waals surface area contributed by atoms with Crippen molar-refractivity contribution < 1.29 is 30.8 Å². The lowest BCUT2D eigenvalue weighted by Crippen LogP contribution is -2.48. The second kappa shape index (κ2) is 8.26. The molecule has 1 amide bonds. The Bertz CT molecular complexity index is 1080. The van der Waals surface area contributed by atoms with Crippen molar-refractivity contribution in [3.05, 3.63) is 65.5 Å². The first-order valence-electron chi connectivity index (χ1n) is 9.76. The van der Waals surface area contributed by atoms with Crippen LogP contribution < -0.4 is 0 Å². The van der Waals surface area contributed by atoms with Gasteiger partial charge in [0.2, 0.25) is 5.91 Å². The van der Waals surface area contributed by atoms with Crippen LogP contribution in [0.2, 0.25) is 0 Å². The first-order chi connectivity index (χ1) is 14.3. The number of rotatable bonds is 5. The fourth-order valence-corrected chi connectivity index (χ4v) is 5.64. The zero-order valence-corrected chi connectivity index (χ0v) is 17.9. The molecule has 31 heavy (non-hydrogen) atoms. The zero-order chi connectivity index (χ0) is 23.0. The predicted molar refractivity (Wildman–Crippen MR) is 107 cm³/mol. The highest BCUT2D eigenvalue weighted by molar-refractivity contribution is 7.92. The molecule has 0 bridgehead atoms. The first kappa shape index (κ1) is 23.2. The molecule has 3 rings (SSSR count). The summed E-state index contributed by atoms with van der Waals surface area (Å²) in [6.45, 7) is 3.39. The highest BCUT2D eigenvalue weighted by Gasteiger charge is 2.46. The lowest BCUT2D eigenvalue weighted by atomic mass is 9.85. The Balaban J connectivity index is 1.79. The maximum atomic E-state index is 13.4. The fourth-order valence-electron chi connectivity index (χ4n) is 3.86. The summed E-state index contributed by atoms with van der Waals surface area (Å²) < 4.78 is 77.5. The predicted octanol–water partition coefficient (Wildman–Crippen LogP) is 4.84. The van der Waals surface area contributed by atoms with Crippen molar-refractivity contribution >= 4 is 15.7 Å². The fraction of sp³-hybridized carbons (Fsp3) is 0.409. The van der Waals surface area contributed by atoms with Crippen molar-refractivity contribution in [1.82, 2.24) is 4.90 Å². The minimum absolute atomic E-state index is 0.0551. The van der Waals surface area contributed by atoms with Crippen LogP contribution in [0.3, 0.4) is 0 Å². The van der Waals surface area contributed by atoms with E-state index in [1.165, 1.54) is 30.9 Å². The Morgan fingerprint density at radius 1 is 1.06 bits per heavy atom. The molecule has 1 aliphatic heterocycles. The standard InChI is InChI=1S/C22H23F4NO3S/c1-21(2,31(29,30)19-8-4-6-17(12-19)22(24,25)26)16-9-10-27(20(28)13-16)14-15-5-3-7-18(23)11-15/h3-8,11-12,16H,9-10,13-14H2,1-2H3. The molecule has 0 radical (unpaired) electrons. The van der Waals surface area contributed by atoms with Gasteiger partial charge in [0.05, 0.1) is 15.2 Å². The Kier molecular flexibility index (Phi) is 6.19. The van der Waals surface area contributed by atoms with Gasteiger partial charge in [-0.25, -0.2) is 12.8 Å². The second-order valence-corrected chi connectivity index (χ2v) is 10.8. The Labute approximate surface area is 178 Å². The number of sulfone groups is 1. The van der Waals surface area contributed by atoms with Crippen molar-refractivity contribution in [1.29, 1.82) is 0 Å². The highest BCUT2D eigenvalue weighted by Crippen LogP contribution is 2.40. The molecule has 1 aliphatic rings. The molecule has 1 atom stereocenters. The zero-order valence-electron chi connectivity index (χ0n) is 17.1. The molecule has 0 spiro atoms. The van der Waals surface area contributed by atoms with Gasteiger partial charge in [0, 0.05) is 19.5 Å². The first-order valence-corrected chi connectivity index (χ1v) is 11.2. The molecule has 0 N–H and O–H groups in total. The van der Waals surface area contributed by atoms with E-state index in [1.54, 1.807) is 12.1 Å². The third-order valence-electron chi connectivity index (χ3n) is 5.93. The van der Waals surface area contributed by atoms with E-state index in [0.29, 0.717) is 18.1 Å². The number of alkyl halides is 3. The number of benzene rings is 2. The summed E-state index contributed by atoms with van der Waals surface area (Å²) in [6, 6.07) is 9.56. The van der Waals surface area contributed by atoms with E-state index in [-0.39, 0.29) is 25.4 Å². The van der Waals surface area contributed by atoms with E-state index in [0.717, 1.165) is 18.2 Å². The Hall–Kier alpha value is -2.42. The van der Waals surface area contributed by atoms with Gasteiger partial charge >= 0.3 is 6.18 Å². The molecule has 0 aliphatic carbocycles. The van der Waals surface area contributed by atoms with E-state index in [1.807, 2.05) is 0 Å². The van der Waals surface area contributed by atoms with E-state index < -0.39 is 43.0 Å². The molecule has 2 aromatic carbocycles. The smallest absolute Gasteiger partial charge is 0.338 e. The summed E-state index contributed by atoms with van der Waals surface area (Å²) in [5.41, 5.74) is -0.409. The van der Waals surface area contributed by atoms with Crippen molar-refractivity contribution in [3.63, 3.8) is 0 Å². The summed E-state index contributed by atoms with van der Waals surface area (Å²) in [4.78, 5) is 13.8. The van der Waals surface area contributed by atoms with Crippen LogP contribution in [0, 0.1) is 11.7 Å². The number of halogens is 4. The maximum Gasteiger partial charge on any atom is 0.416 e. The number of nitrogens with zero attached hydrogens (tertiary/aromatic N) is 1. The van der Waals surface area contributed by atoms with Gasteiger partial charge < -0.3 is 4.90 Å². The number of carbonyl (C=O) groups excluding carboxylic acids is 1. The molecule has 2 aromatic rings. The molecule has 1 fully saturated rings. The molecule has 0 aromatic heterocycles. The number of carbonyl (C=O) groups is 1. The van der Waals surface area contributed by atoms with Crippen LogP contribution in [0.4, 0.5) is 17.6 Å². The minimum Gasteiger partial charge on any atom is -0.338 e. The lowest BCUT2D eigenvalue weighted by molar-refractivity contribution is -0.138. The summed E-state index contributed by atoms with van der Waals surface area (Å²) in [5.74, 6) is -1.25. The van der Waals surface area contributed by atoms with Gasteiger partial charge in [-0.1, -0.05) is 18.2 Å². The largest absolute Gasteiger partial charge is 0.416 e. The van der Waals surface area contributed by atoms with Gasteiger partial charge in [0.15, 0.2) is 9.84 Å². The minimum atomic E-state index is -4.66. The van der Waals surface area contributed by atoms with E-state index in [9.17, 15) is 30.8 Å². The molecular weight excluding hydrogens is 434 g/mol. The van der Waals surface area contributed by atoms with Crippen LogP contribution in [0.5, 0.6) is 0 Å². The topological polar surface area (TPSA) is 54.5 Å². The van der Waals surface area contributed by atoms with E-state index in [4.69, 9.17) is 0 Å². The summed E-state index contributed by atoms with van der Waals surface area (Å²) in [5, 5.41) is 0. The summed E-state index contributed by atoms with van der Waals surface area (Å²) in [7, 11) is -4.15. The molecule has 1 saturated heterocycles. The van der Waals surface area contributed by atoms with Crippen LogP contribution in [0.25, 0.3) is 0 Å². The SMILES string of the molecule is CC(C)(C1CCN(Cc2cccc(F)c2)C(=O)C1)S(=O)(=O)c1cccc(C(F)(F)F)c1. The van der Waals surface area contributed by atoms with Crippen molar-refractivity contribution in [2.75, 3.05) is 6.54 Å². The van der Waals surface area contributed by atoms with Crippen LogP contribution in [0.1, 0.15) is 37.8 Å². The van der Waals surface area contributed by atoms with Gasteiger partial charge in [-0.05, 0) is 62.1 Å². The molecule has 4 nitrogen and oxygen atoms in total. The normalized spacial score (nSPS) is 18.3. The van der Waals surface area contributed by atoms with Gasteiger partial charge in [0.25, 0.3) is 0 Å². The average molecular weight is 457 g/mol. The molecule has 1 unspecified atom stereocenters. The van der Waals surface area contributed by atoms with Crippen LogP contribution >= 0.6 is 0 Å². The number of likely N-dealkylation sites (tertiary alicyclic amines) is 1. The number of amides is 1. The van der Waals surface area contributed by atoms with Crippen LogP contribution in [-0.4, -0.2) is 30.5 Å². The molecular formula is C22H23F4NO3S. The average Bonchev–Trinajstić information content (AvgIpc) is 2.69. The second-order valence-electron chi connectivity index (χ2n) is 8.27. The maximum absolute atomic E-state index is 13.4. The summed E-state index contributed by atoms with van der Waals surface area (Å²) in [6.07, 6.45) is -4.35. The quantitative estimate of drug-likeness (QED) is 0.604. The Morgan fingerprint density at radius 2 is 1.74 bits per heavy atom. The van der Waals surface area contributed by atoms with Gasteiger partial charge in [-0.2, -0.15) is 13.2 Å². The van der Waals surface area contributed by atoms with Crippen LogP contribution in [-0.2, 0) is 27.4 Å². The van der Waals surface area contributed by atoms with Gasteiger partial charge in [-0.15, -0.1) is 0 Å². The number of hydrogen-bond donors (Lipinski definition) is 0. The van der Waals surface area contributed by atoms with Crippen molar-refractivity contribution in [3.8, 4) is 0 Å². The molecule has 1 heterocycles. The molecule has 0 saturated carbocycles. The highest BCUT2D eigenvalue weighted by atomic mass is 32.2. The lowest BCUT2D eigenvalue weighted by Gasteiger charge is -2.39. The third kappa shape index (κ3) is 4.76. The number of piperidine rings is 1.